The molecule has 0 spiro atoms. The van der Waals surface area contributed by atoms with Crippen molar-refractivity contribution in [2.75, 3.05) is 12.3 Å². The van der Waals surface area contributed by atoms with Crippen molar-refractivity contribution in [3.63, 3.8) is 0 Å². The number of hydrogen-bond donors (Lipinski definition) is 1. The van der Waals surface area contributed by atoms with Crippen LogP contribution in [0.5, 0.6) is 0 Å². The van der Waals surface area contributed by atoms with Crippen molar-refractivity contribution in [1.29, 1.82) is 0 Å². The molecule has 0 radical (unpaired) electrons. The number of hydrogen-bond acceptors (Lipinski definition) is 2. The molecule has 0 saturated carbocycles. The number of rotatable bonds is 4. The maximum Gasteiger partial charge on any atom is 0.0206 e. The third kappa shape index (κ3) is 4.36. The summed E-state index contributed by atoms with van der Waals surface area (Å²) in [6, 6.07) is 6.81. The van der Waals surface area contributed by atoms with Crippen LogP contribution in [-0.2, 0) is 6.54 Å². The van der Waals surface area contributed by atoms with Gasteiger partial charge in [0.05, 0.1) is 0 Å². The van der Waals surface area contributed by atoms with Crippen molar-refractivity contribution < 1.29 is 0 Å². The molecule has 1 N–H and O–H groups in total. The lowest BCUT2D eigenvalue weighted by atomic mass is 10.1. The van der Waals surface area contributed by atoms with Gasteiger partial charge in [0.15, 0.2) is 0 Å². The van der Waals surface area contributed by atoms with E-state index in [2.05, 4.69) is 49.1 Å². The summed E-state index contributed by atoms with van der Waals surface area (Å²) < 4.78 is 0. The molecular weight excluding hydrogens is 226 g/mol. The number of benzene rings is 1. The molecule has 0 bridgehead atoms. The van der Waals surface area contributed by atoms with Crippen LogP contribution in [0, 0.1) is 13.8 Å². The van der Waals surface area contributed by atoms with Crippen LogP contribution in [0.25, 0.3) is 0 Å². The van der Waals surface area contributed by atoms with E-state index in [-0.39, 0.29) is 0 Å². The molecule has 1 fully saturated rings. The fourth-order valence-corrected chi connectivity index (χ4v) is 3.79. The Morgan fingerprint density at radius 2 is 1.94 bits per heavy atom. The third-order valence-electron chi connectivity index (χ3n) is 3.26. The molecule has 1 nitrogen and oxygen atoms in total. The summed E-state index contributed by atoms with van der Waals surface area (Å²) in [5.74, 6) is 1.36. The summed E-state index contributed by atoms with van der Waals surface area (Å²) in [5, 5.41) is 4.45. The van der Waals surface area contributed by atoms with Gasteiger partial charge in [-0.15, -0.1) is 0 Å². The van der Waals surface area contributed by atoms with Gasteiger partial charge in [0.2, 0.25) is 0 Å². The van der Waals surface area contributed by atoms with Crippen LogP contribution in [0.4, 0.5) is 0 Å². The third-order valence-corrected chi connectivity index (χ3v) is 4.65. The monoisotopic (exact) mass is 249 g/mol. The highest BCUT2D eigenvalue weighted by Gasteiger charge is 2.12. The number of aryl methyl sites for hydroxylation is 2. The molecule has 1 heterocycles. The van der Waals surface area contributed by atoms with Crippen LogP contribution in [-0.4, -0.2) is 17.5 Å². The van der Waals surface area contributed by atoms with E-state index < -0.39 is 0 Å². The Balaban J connectivity index is 1.77. The first-order chi connectivity index (χ1) is 8.24. The number of nitrogens with one attached hydrogen (secondary N) is 1. The quantitative estimate of drug-likeness (QED) is 0.873. The molecule has 17 heavy (non-hydrogen) atoms. The van der Waals surface area contributed by atoms with Crippen LogP contribution in [0.2, 0.25) is 0 Å². The molecule has 1 aromatic rings. The summed E-state index contributed by atoms with van der Waals surface area (Å²) in [6.45, 7) is 6.53. The van der Waals surface area contributed by atoms with Crippen molar-refractivity contribution in [2.45, 2.75) is 44.9 Å². The highest BCUT2D eigenvalue weighted by atomic mass is 32.2. The van der Waals surface area contributed by atoms with Gasteiger partial charge in [-0.1, -0.05) is 35.7 Å². The lowest BCUT2D eigenvalue weighted by Gasteiger charge is -2.21. The van der Waals surface area contributed by atoms with Crippen LogP contribution in [0.1, 0.15) is 36.0 Å². The standard InChI is InChI=1S/C15H23NS/c1-12-7-13(2)9-14(8-12)10-16-11-15-5-3-4-6-17-15/h7-9,15-16H,3-6,10-11H2,1-2H3. The van der Waals surface area contributed by atoms with Crippen molar-refractivity contribution in [3.05, 3.63) is 34.9 Å². The van der Waals surface area contributed by atoms with Gasteiger partial charge in [-0.25, -0.2) is 0 Å². The molecule has 1 aliphatic heterocycles. The summed E-state index contributed by atoms with van der Waals surface area (Å²) in [5.41, 5.74) is 4.16. The summed E-state index contributed by atoms with van der Waals surface area (Å²) in [4.78, 5) is 0. The molecule has 0 aromatic heterocycles. The second-order valence-corrected chi connectivity index (χ2v) is 6.52. The first-order valence-electron chi connectivity index (χ1n) is 6.63. The van der Waals surface area contributed by atoms with Crippen LogP contribution >= 0.6 is 11.8 Å². The van der Waals surface area contributed by atoms with Crippen LogP contribution in [0.15, 0.2) is 18.2 Å². The molecule has 94 valence electrons. The first-order valence-corrected chi connectivity index (χ1v) is 7.68. The van der Waals surface area contributed by atoms with E-state index in [1.165, 1.54) is 41.7 Å². The van der Waals surface area contributed by atoms with E-state index in [0.717, 1.165) is 18.3 Å². The first kappa shape index (κ1) is 13.0. The lowest BCUT2D eigenvalue weighted by molar-refractivity contribution is 0.597. The smallest absolute Gasteiger partial charge is 0.0206 e. The predicted molar refractivity (Wildman–Crippen MR) is 77.7 cm³/mol. The largest absolute Gasteiger partial charge is 0.312 e. The van der Waals surface area contributed by atoms with Crippen molar-refractivity contribution in [1.82, 2.24) is 5.32 Å². The van der Waals surface area contributed by atoms with E-state index in [0.29, 0.717) is 0 Å². The molecule has 1 atom stereocenters. The Labute approximate surface area is 109 Å². The highest BCUT2D eigenvalue weighted by molar-refractivity contribution is 7.99. The molecule has 1 unspecified atom stereocenters. The van der Waals surface area contributed by atoms with Crippen LogP contribution in [0.3, 0.4) is 0 Å². The molecule has 1 saturated heterocycles. The minimum absolute atomic E-state index is 0.842. The lowest BCUT2D eigenvalue weighted by Crippen LogP contribution is -2.26. The SMILES string of the molecule is Cc1cc(C)cc(CNCC2CCCCS2)c1. The van der Waals surface area contributed by atoms with Gasteiger partial charge in [-0.05, 0) is 38.0 Å². The molecule has 0 amide bonds. The average molecular weight is 249 g/mol. The van der Waals surface area contributed by atoms with Gasteiger partial charge in [-0.3, -0.25) is 0 Å². The van der Waals surface area contributed by atoms with Crippen molar-refractivity contribution in [2.24, 2.45) is 0 Å². The van der Waals surface area contributed by atoms with E-state index >= 15 is 0 Å². The zero-order chi connectivity index (χ0) is 12.1. The van der Waals surface area contributed by atoms with Gasteiger partial charge in [0, 0.05) is 18.3 Å². The Bertz CT molecular complexity index is 336. The molecule has 1 aliphatic rings. The average Bonchev–Trinajstić information content (AvgIpc) is 2.29. The molecule has 2 rings (SSSR count). The molecule has 0 aliphatic carbocycles. The predicted octanol–water partition coefficient (Wildman–Crippen LogP) is 3.68. The van der Waals surface area contributed by atoms with Crippen molar-refractivity contribution >= 4 is 11.8 Å². The van der Waals surface area contributed by atoms with Gasteiger partial charge < -0.3 is 5.32 Å². The minimum atomic E-state index is 0.842. The molecule has 2 heteroatoms. The molecule has 1 aromatic carbocycles. The van der Waals surface area contributed by atoms with E-state index in [9.17, 15) is 0 Å². The zero-order valence-corrected chi connectivity index (χ0v) is 11.8. The fraction of sp³-hybridized carbons (Fsp3) is 0.600. The molecular formula is C15H23NS. The van der Waals surface area contributed by atoms with E-state index in [4.69, 9.17) is 0 Å². The second-order valence-electron chi connectivity index (χ2n) is 5.12. The van der Waals surface area contributed by atoms with Crippen LogP contribution < -0.4 is 5.32 Å². The van der Waals surface area contributed by atoms with E-state index in [1.54, 1.807) is 0 Å². The second kappa shape index (κ2) is 6.46. The maximum atomic E-state index is 3.61. The van der Waals surface area contributed by atoms with Crippen molar-refractivity contribution in [3.8, 4) is 0 Å². The maximum absolute atomic E-state index is 3.61. The summed E-state index contributed by atoms with van der Waals surface area (Å²) in [7, 11) is 0. The number of thioether (sulfide) groups is 1. The minimum Gasteiger partial charge on any atom is -0.312 e. The summed E-state index contributed by atoms with van der Waals surface area (Å²) >= 11 is 2.14. The van der Waals surface area contributed by atoms with E-state index in [1.807, 2.05) is 0 Å². The van der Waals surface area contributed by atoms with Gasteiger partial charge in [0.1, 0.15) is 0 Å². The summed E-state index contributed by atoms with van der Waals surface area (Å²) in [6.07, 6.45) is 4.23. The van der Waals surface area contributed by atoms with Gasteiger partial charge >= 0.3 is 0 Å². The topological polar surface area (TPSA) is 12.0 Å². The zero-order valence-electron chi connectivity index (χ0n) is 11.0. The Kier molecular flexibility index (Phi) is 4.93. The highest BCUT2D eigenvalue weighted by Crippen LogP contribution is 2.24. The normalized spacial score (nSPS) is 20.5. The Morgan fingerprint density at radius 3 is 2.59 bits per heavy atom. The van der Waals surface area contributed by atoms with Gasteiger partial charge in [-0.2, -0.15) is 11.8 Å². The Morgan fingerprint density at radius 1 is 1.18 bits per heavy atom. The Hall–Kier alpha value is -0.470. The van der Waals surface area contributed by atoms with Gasteiger partial charge in [0.25, 0.3) is 0 Å². The fourth-order valence-electron chi connectivity index (χ4n) is 2.52.